The molecule has 0 aromatic carbocycles. The molecule has 5 heteroatoms. The SMILES string of the molecule is O=C(O)[C@H]1C[C@@H]1c1ncn[nH]1. The number of hydrogen-bond donors (Lipinski definition) is 2. The second-order valence-electron chi connectivity index (χ2n) is 2.66. The Balaban J connectivity index is 2.08. The van der Waals surface area contributed by atoms with Crippen molar-refractivity contribution in [1.29, 1.82) is 0 Å². The fourth-order valence-electron chi connectivity index (χ4n) is 1.16. The summed E-state index contributed by atoms with van der Waals surface area (Å²) in [6, 6.07) is 0. The number of H-pyrrole nitrogens is 1. The van der Waals surface area contributed by atoms with Crippen molar-refractivity contribution in [3.8, 4) is 0 Å². The molecule has 58 valence electrons. The topological polar surface area (TPSA) is 78.9 Å². The van der Waals surface area contributed by atoms with E-state index in [1.807, 2.05) is 0 Å². The first-order valence-corrected chi connectivity index (χ1v) is 3.37. The van der Waals surface area contributed by atoms with E-state index < -0.39 is 5.97 Å². The third kappa shape index (κ3) is 0.978. The maximum absolute atomic E-state index is 10.4. The molecular formula is C6H7N3O2. The van der Waals surface area contributed by atoms with E-state index in [1.54, 1.807) is 0 Å². The number of aromatic nitrogens is 3. The van der Waals surface area contributed by atoms with E-state index in [0.717, 1.165) is 0 Å². The molecule has 1 aromatic heterocycles. The Bertz CT molecular complexity index is 269. The minimum absolute atomic E-state index is 0.0648. The van der Waals surface area contributed by atoms with E-state index >= 15 is 0 Å². The average Bonchev–Trinajstić information content (AvgIpc) is 2.60. The molecule has 1 fully saturated rings. The number of rotatable bonds is 2. The molecule has 1 aromatic rings. The Kier molecular flexibility index (Phi) is 1.18. The summed E-state index contributed by atoms with van der Waals surface area (Å²) in [5, 5.41) is 14.9. The van der Waals surface area contributed by atoms with Crippen molar-refractivity contribution in [3.05, 3.63) is 12.2 Å². The third-order valence-corrected chi connectivity index (χ3v) is 1.89. The van der Waals surface area contributed by atoms with Crippen LogP contribution in [-0.4, -0.2) is 26.3 Å². The number of carbonyl (C=O) groups is 1. The van der Waals surface area contributed by atoms with Crippen molar-refractivity contribution in [3.63, 3.8) is 0 Å². The summed E-state index contributed by atoms with van der Waals surface area (Å²) in [6.07, 6.45) is 2.08. The predicted molar refractivity (Wildman–Crippen MR) is 34.9 cm³/mol. The number of carboxylic acid groups (broad SMARTS) is 1. The highest BCUT2D eigenvalue weighted by Crippen LogP contribution is 2.45. The van der Waals surface area contributed by atoms with E-state index in [9.17, 15) is 4.79 Å². The lowest BCUT2D eigenvalue weighted by Crippen LogP contribution is -1.99. The molecule has 0 unspecified atom stereocenters. The van der Waals surface area contributed by atoms with Crippen LogP contribution in [0.2, 0.25) is 0 Å². The summed E-state index contributed by atoms with van der Waals surface area (Å²) in [7, 11) is 0. The zero-order valence-electron chi connectivity index (χ0n) is 5.69. The van der Waals surface area contributed by atoms with E-state index in [-0.39, 0.29) is 11.8 Å². The predicted octanol–water partition coefficient (Wildman–Crippen LogP) is -0.00720. The Morgan fingerprint density at radius 2 is 2.64 bits per heavy atom. The molecule has 0 aliphatic heterocycles. The maximum atomic E-state index is 10.4. The van der Waals surface area contributed by atoms with Crippen molar-refractivity contribution in [2.45, 2.75) is 12.3 Å². The molecule has 0 bridgehead atoms. The molecule has 1 aliphatic carbocycles. The zero-order valence-corrected chi connectivity index (χ0v) is 5.69. The molecular weight excluding hydrogens is 146 g/mol. The molecule has 2 atom stereocenters. The fourth-order valence-corrected chi connectivity index (χ4v) is 1.16. The van der Waals surface area contributed by atoms with Gasteiger partial charge in [-0.1, -0.05) is 0 Å². The van der Waals surface area contributed by atoms with Crippen LogP contribution in [0.25, 0.3) is 0 Å². The van der Waals surface area contributed by atoms with E-state index in [2.05, 4.69) is 15.2 Å². The average molecular weight is 153 g/mol. The molecule has 1 aliphatic rings. The van der Waals surface area contributed by atoms with Gasteiger partial charge in [-0.15, -0.1) is 0 Å². The highest BCUT2D eigenvalue weighted by Gasteiger charge is 2.46. The van der Waals surface area contributed by atoms with Crippen LogP contribution >= 0.6 is 0 Å². The van der Waals surface area contributed by atoms with Gasteiger partial charge in [-0.3, -0.25) is 9.89 Å². The van der Waals surface area contributed by atoms with Gasteiger partial charge in [0.05, 0.1) is 5.92 Å². The molecule has 2 rings (SSSR count). The normalized spacial score (nSPS) is 28.4. The van der Waals surface area contributed by atoms with Gasteiger partial charge in [0.15, 0.2) is 0 Å². The molecule has 2 N–H and O–H groups in total. The molecule has 5 nitrogen and oxygen atoms in total. The van der Waals surface area contributed by atoms with Crippen LogP contribution < -0.4 is 0 Å². The van der Waals surface area contributed by atoms with Crippen LogP contribution in [0.4, 0.5) is 0 Å². The molecule has 1 saturated carbocycles. The first kappa shape index (κ1) is 6.33. The number of aliphatic carboxylic acids is 1. The summed E-state index contributed by atoms with van der Waals surface area (Å²) in [6.45, 7) is 0. The molecule has 0 saturated heterocycles. The minimum atomic E-state index is -0.744. The lowest BCUT2D eigenvalue weighted by Gasteiger charge is -1.87. The van der Waals surface area contributed by atoms with Crippen molar-refractivity contribution in [2.75, 3.05) is 0 Å². The zero-order chi connectivity index (χ0) is 7.84. The number of hydrogen-bond acceptors (Lipinski definition) is 3. The minimum Gasteiger partial charge on any atom is -0.481 e. The van der Waals surface area contributed by atoms with Crippen LogP contribution in [0.3, 0.4) is 0 Å². The molecule has 0 radical (unpaired) electrons. The summed E-state index contributed by atoms with van der Waals surface area (Å²) in [4.78, 5) is 14.3. The first-order valence-electron chi connectivity index (χ1n) is 3.37. The summed E-state index contributed by atoms with van der Waals surface area (Å²) >= 11 is 0. The quantitative estimate of drug-likeness (QED) is 0.626. The summed E-state index contributed by atoms with van der Waals surface area (Å²) < 4.78 is 0. The molecule has 0 amide bonds. The Morgan fingerprint density at radius 3 is 3.09 bits per heavy atom. The van der Waals surface area contributed by atoms with Crippen LogP contribution in [0.5, 0.6) is 0 Å². The largest absolute Gasteiger partial charge is 0.481 e. The van der Waals surface area contributed by atoms with Crippen LogP contribution in [0.15, 0.2) is 6.33 Å². The number of nitrogens with one attached hydrogen (secondary N) is 1. The second-order valence-corrected chi connectivity index (χ2v) is 2.66. The highest BCUT2D eigenvalue weighted by molar-refractivity contribution is 5.74. The lowest BCUT2D eigenvalue weighted by molar-refractivity contribution is -0.138. The van der Waals surface area contributed by atoms with Gasteiger partial charge in [0.2, 0.25) is 0 Å². The van der Waals surface area contributed by atoms with Gasteiger partial charge >= 0.3 is 5.97 Å². The highest BCUT2D eigenvalue weighted by atomic mass is 16.4. The van der Waals surface area contributed by atoms with Crippen molar-refractivity contribution in [1.82, 2.24) is 15.2 Å². The Hall–Kier alpha value is -1.39. The van der Waals surface area contributed by atoms with E-state index in [1.165, 1.54) is 6.33 Å². The van der Waals surface area contributed by atoms with Gasteiger partial charge in [-0.05, 0) is 6.42 Å². The van der Waals surface area contributed by atoms with Crippen molar-refractivity contribution < 1.29 is 9.90 Å². The van der Waals surface area contributed by atoms with Gasteiger partial charge in [0.1, 0.15) is 12.2 Å². The number of carboxylic acids is 1. The second kappa shape index (κ2) is 2.05. The summed E-state index contributed by atoms with van der Waals surface area (Å²) in [5.74, 6) is -0.234. The van der Waals surface area contributed by atoms with Crippen LogP contribution in [0.1, 0.15) is 18.2 Å². The molecule has 11 heavy (non-hydrogen) atoms. The van der Waals surface area contributed by atoms with Crippen molar-refractivity contribution in [2.24, 2.45) is 5.92 Å². The molecule has 0 spiro atoms. The van der Waals surface area contributed by atoms with Crippen LogP contribution in [-0.2, 0) is 4.79 Å². The monoisotopic (exact) mass is 153 g/mol. The van der Waals surface area contributed by atoms with Crippen LogP contribution in [0, 0.1) is 5.92 Å². The van der Waals surface area contributed by atoms with Crippen molar-refractivity contribution >= 4 is 5.97 Å². The van der Waals surface area contributed by atoms with Gasteiger partial charge in [-0.2, -0.15) is 5.10 Å². The Labute approximate surface area is 62.5 Å². The fraction of sp³-hybridized carbons (Fsp3) is 0.500. The van der Waals surface area contributed by atoms with Gasteiger partial charge in [0.25, 0.3) is 0 Å². The smallest absolute Gasteiger partial charge is 0.307 e. The Morgan fingerprint density at radius 1 is 1.82 bits per heavy atom. The van der Waals surface area contributed by atoms with E-state index in [4.69, 9.17) is 5.11 Å². The summed E-state index contributed by atoms with van der Waals surface area (Å²) in [5.41, 5.74) is 0. The first-order chi connectivity index (χ1) is 5.29. The molecule has 1 heterocycles. The van der Waals surface area contributed by atoms with Gasteiger partial charge < -0.3 is 5.11 Å². The lowest BCUT2D eigenvalue weighted by atomic mass is 10.3. The van der Waals surface area contributed by atoms with Gasteiger partial charge in [-0.25, -0.2) is 4.98 Å². The standard InChI is InChI=1S/C6H7N3O2/c10-6(11)4-1-3(4)5-7-2-8-9-5/h2-4H,1H2,(H,10,11)(H,7,8,9)/t3-,4-/m0/s1. The van der Waals surface area contributed by atoms with Gasteiger partial charge in [0, 0.05) is 5.92 Å². The number of nitrogens with zero attached hydrogens (tertiary/aromatic N) is 2. The van der Waals surface area contributed by atoms with E-state index in [0.29, 0.717) is 12.2 Å². The third-order valence-electron chi connectivity index (χ3n) is 1.89. The number of aromatic amines is 1. The maximum Gasteiger partial charge on any atom is 0.307 e.